The van der Waals surface area contributed by atoms with Gasteiger partial charge in [0.25, 0.3) is 0 Å². The standard InChI is InChI=1S/C14H17FN2/c1-9(2)14-12-7-5-11(15)6-8-13(12)17(16-14)10(3)4/h5-8,10-11H,1H2,2-4H3. The van der Waals surface area contributed by atoms with Crippen molar-refractivity contribution >= 4 is 17.7 Å². The van der Waals surface area contributed by atoms with Crippen LogP contribution in [0.5, 0.6) is 0 Å². The van der Waals surface area contributed by atoms with E-state index in [1.807, 2.05) is 11.6 Å². The summed E-state index contributed by atoms with van der Waals surface area (Å²) in [6, 6.07) is 0.242. The second-order valence-electron chi connectivity index (χ2n) is 4.63. The molecule has 1 heterocycles. The average molecular weight is 232 g/mol. The summed E-state index contributed by atoms with van der Waals surface area (Å²) in [7, 11) is 0. The van der Waals surface area contributed by atoms with E-state index < -0.39 is 6.17 Å². The molecule has 0 aliphatic heterocycles. The van der Waals surface area contributed by atoms with Gasteiger partial charge in [-0.25, -0.2) is 4.39 Å². The van der Waals surface area contributed by atoms with Gasteiger partial charge in [0.05, 0.1) is 11.4 Å². The van der Waals surface area contributed by atoms with E-state index in [1.165, 1.54) is 0 Å². The molecular weight excluding hydrogens is 215 g/mol. The Morgan fingerprint density at radius 1 is 1.41 bits per heavy atom. The van der Waals surface area contributed by atoms with E-state index in [4.69, 9.17) is 0 Å². The lowest BCUT2D eigenvalue weighted by molar-refractivity contribution is 0.471. The fourth-order valence-electron chi connectivity index (χ4n) is 1.93. The number of fused-ring (bicyclic) bond motifs is 1. The fraction of sp³-hybridized carbons (Fsp3) is 0.357. The summed E-state index contributed by atoms with van der Waals surface area (Å²) in [6.07, 6.45) is 5.67. The van der Waals surface area contributed by atoms with Gasteiger partial charge in [0.15, 0.2) is 0 Å². The molecule has 1 aromatic rings. The molecule has 0 saturated heterocycles. The van der Waals surface area contributed by atoms with Crippen LogP contribution in [0.4, 0.5) is 4.39 Å². The van der Waals surface area contributed by atoms with Crippen LogP contribution in [0.15, 0.2) is 18.7 Å². The zero-order valence-electron chi connectivity index (χ0n) is 10.4. The summed E-state index contributed by atoms with van der Waals surface area (Å²) in [4.78, 5) is 0. The summed E-state index contributed by atoms with van der Waals surface area (Å²) in [6.45, 7) is 9.97. The van der Waals surface area contributed by atoms with E-state index in [1.54, 1.807) is 24.3 Å². The van der Waals surface area contributed by atoms with Gasteiger partial charge in [0, 0.05) is 11.6 Å². The van der Waals surface area contributed by atoms with Crippen molar-refractivity contribution in [3.05, 3.63) is 35.7 Å². The normalized spacial score (nSPS) is 18.3. The van der Waals surface area contributed by atoms with Gasteiger partial charge in [-0.05, 0) is 44.6 Å². The van der Waals surface area contributed by atoms with Crippen LogP contribution in [0.1, 0.15) is 43.8 Å². The third-order valence-electron chi connectivity index (χ3n) is 2.76. The van der Waals surface area contributed by atoms with Crippen LogP contribution < -0.4 is 0 Å². The summed E-state index contributed by atoms with van der Waals surface area (Å²) >= 11 is 0. The molecule has 90 valence electrons. The Hall–Kier alpha value is -1.64. The topological polar surface area (TPSA) is 17.8 Å². The van der Waals surface area contributed by atoms with Gasteiger partial charge in [0.1, 0.15) is 6.17 Å². The van der Waals surface area contributed by atoms with Crippen LogP contribution in [0.25, 0.3) is 17.7 Å². The predicted octanol–water partition coefficient (Wildman–Crippen LogP) is 3.88. The maximum atomic E-state index is 13.3. The number of alkyl halides is 1. The molecule has 17 heavy (non-hydrogen) atoms. The first-order valence-electron chi connectivity index (χ1n) is 5.79. The Bertz CT molecular complexity index is 507. The number of rotatable bonds is 2. The molecule has 0 N–H and O–H groups in total. The molecule has 2 nitrogen and oxygen atoms in total. The minimum atomic E-state index is -1.03. The van der Waals surface area contributed by atoms with Gasteiger partial charge < -0.3 is 0 Å². The molecule has 1 unspecified atom stereocenters. The zero-order valence-corrected chi connectivity index (χ0v) is 10.4. The Balaban J connectivity index is 2.66. The maximum Gasteiger partial charge on any atom is 0.137 e. The van der Waals surface area contributed by atoms with Gasteiger partial charge in [0.2, 0.25) is 0 Å². The lowest BCUT2D eigenvalue weighted by Crippen LogP contribution is -2.05. The summed E-state index contributed by atoms with van der Waals surface area (Å²) < 4.78 is 15.2. The van der Waals surface area contributed by atoms with Crippen molar-refractivity contribution in [3.63, 3.8) is 0 Å². The number of halogens is 1. The Kier molecular flexibility index (Phi) is 3.01. The van der Waals surface area contributed by atoms with Crippen molar-refractivity contribution in [1.29, 1.82) is 0 Å². The molecule has 1 aromatic heterocycles. The van der Waals surface area contributed by atoms with E-state index in [0.717, 1.165) is 22.5 Å². The highest BCUT2D eigenvalue weighted by molar-refractivity contribution is 5.76. The van der Waals surface area contributed by atoms with Crippen LogP contribution in [0.3, 0.4) is 0 Å². The number of hydrogen-bond donors (Lipinski definition) is 0. The van der Waals surface area contributed by atoms with Crippen LogP contribution in [-0.4, -0.2) is 16.0 Å². The second kappa shape index (κ2) is 4.32. The van der Waals surface area contributed by atoms with Gasteiger partial charge in [-0.15, -0.1) is 0 Å². The third-order valence-corrected chi connectivity index (χ3v) is 2.76. The monoisotopic (exact) mass is 232 g/mol. The van der Waals surface area contributed by atoms with E-state index in [-0.39, 0.29) is 6.04 Å². The summed E-state index contributed by atoms with van der Waals surface area (Å²) in [5.74, 6) is 0. The minimum Gasteiger partial charge on any atom is -0.262 e. The Morgan fingerprint density at radius 3 is 2.65 bits per heavy atom. The second-order valence-corrected chi connectivity index (χ2v) is 4.63. The predicted molar refractivity (Wildman–Crippen MR) is 70.3 cm³/mol. The molecule has 1 atom stereocenters. The first-order valence-corrected chi connectivity index (χ1v) is 5.79. The molecule has 0 bridgehead atoms. The molecule has 0 spiro atoms. The van der Waals surface area contributed by atoms with Crippen LogP contribution in [0, 0.1) is 0 Å². The van der Waals surface area contributed by atoms with Gasteiger partial charge in [-0.2, -0.15) is 5.10 Å². The minimum absolute atomic E-state index is 0.242. The summed E-state index contributed by atoms with van der Waals surface area (Å²) in [5.41, 5.74) is 3.66. The van der Waals surface area contributed by atoms with E-state index in [9.17, 15) is 4.39 Å². The van der Waals surface area contributed by atoms with Crippen molar-refractivity contribution in [3.8, 4) is 0 Å². The zero-order chi connectivity index (χ0) is 12.6. The van der Waals surface area contributed by atoms with Crippen molar-refractivity contribution in [1.82, 2.24) is 9.78 Å². The van der Waals surface area contributed by atoms with Crippen LogP contribution in [0.2, 0.25) is 0 Å². The lowest BCUT2D eigenvalue weighted by Gasteiger charge is -2.08. The summed E-state index contributed by atoms with van der Waals surface area (Å²) in [5, 5.41) is 4.55. The van der Waals surface area contributed by atoms with Crippen LogP contribution in [-0.2, 0) is 0 Å². The molecule has 0 fully saturated rings. The first-order chi connectivity index (χ1) is 8.00. The number of allylic oxidation sites excluding steroid dienone is 3. The molecule has 2 rings (SSSR count). The van der Waals surface area contributed by atoms with Crippen molar-refractivity contribution in [2.24, 2.45) is 0 Å². The molecule has 1 aliphatic carbocycles. The van der Waals surface area contributed by atoms with Gasteiger partial charge >= 0.3 is 0 Å². The molecule has 0 radical (unpaired) electrons. The van der Waals surface area contributed by atoms with Crippen molar-refractivity contribution < 1.29 is 4.39 Å². The molecule has 1 aliphatic rings. The highest BCUT2D eigenvalue weighted by Gasteiger charge is 2.18. The van der Waals surface area contributed by atoms with Gasteiger partial charge in [-0.1, -0.05) is 12.7 Å². The Morgan fingerprint density at radius 2 is 2.06 bits per heavy atom. The average Bonchev–Trinajstić information content (AvgIpc) is 2.52. The van der Waals surface area contributed by atoms with E-state index >= 15 is 0 Å². The number of nitrogens with zero attached hydrogens (tertiary/aromatic N) is 2. The fourth-order valence-corrected chi connectivity index (χ4v) is 1.93. The Labute approximate surface area is 101 Å². The largest absolute Gasteiger partial charge is 0.262 e. The highest BCUT2D eigenvalue weighted by atomic mass is 19.1. The first kappa shape index (κ1) is 11.8. The van der Waals surface area contributed by atoms with Crippen molar-refractivity contribution in [2.45, 2.75) is 33.0 Å². The molecule has 3 heteroatoms. The SMILES string of the molecule is C=C(C)c1nn(C(C)C)c2c1C=CC(F)C=C2. The smallest absolute Gasteiger partial charge is 0.137 e. The van der Waals surface area contributed by atoms with Crippen LogP contribution >= 0.6 is 0 Å². The van der Waals surface area contributed by atoms with E-state index in [0.29, 0.717) is 0 Å². The molecule has 0 saturated carbocycles. The third kappa shape index (κ3) is 2.09. The number of hydrogen-bond acceptors (Lipinski definition) is 1. The van der Waals surface area contributed by atoms with Crippen molar-refractivity contribution in [2.75, 3.05) is 0 Å². The molecule has 0 aromatic carbocycles. The molecule has 0 amide bonds. The number of aromatic nitrogens is 2. The maximum absolute atomic E-state index is 13.3. The van der Waals surface area contributed by atoms with E-state index in [2.05, 4.69) is 25.5 Å². The highest BCUT2D eigenvalue weighted by Crippen LogP contribution is 2.28. The van der Waals surface area contributed by atoms with Gasteiger partial charge in [-0.3, -0.25) is 4.68 Å². The quantitative estimate of drug-likeness (QED) is 0.756. The lowest BCUT2D eigenvalue weighted by atomic mass is 10.1. The molecular formula is C14H17FN2.